The second-order valence-electron chi connectivity index (χ2n) is 4.21. The van der Waals surface area contributed by atoms with Crippen molar-refractivity contribution < 1.29 is 9.47 Å². The summed E-state index contributed by atoms with van der Waals surface area (Å²) in [5.41, 5.74) is 1.77. The van der Waals surface area contributed by atoms with Gasteiger partial charge in [-0.2, -0.15) is 5.26 Å². The predicted octanol–water partition coefficient (Wildman–Crippen LogP) is 2.78. The van der Waals surface area contributed by atoms with Crippen LogP contribution in [0.4, 0.5) is 5.69 Å². The van der Waals surface area contributed by atoms with E-state index < -0.39 is 0 Å². The van der Waals surface area contributed by atoms with E-state index in [0.29, 0.717) is 18.8 Å². The normalized spacial score (nSPS) is 10.5. The fraction of sp³-hybridized carbons (Fsp3) is 0.533. The van der Waals surface area contributed by atoms with Crippen LogP contribution in [0.3, 0.4) is 0 Å². The van der Waals surface area contributed by atoms with Crippen LogP contribution in [-0.4, -0.2) is 33.1 Å². The molecule has 4 heteroatoms. The molecular formula is C15H22N2O2. The van der Waals surface area contributed by atoms with Gasteiger partial charge in [-0.15, -0.1) is 0 Å². The Labute approximate surface area is 115 Å². The van der Waals surface area contributed by atoms with Gasteiger partial charge in [0.05, 0.1) is 11.6 Å². The summed E-state index contributed by atoms with van der Waals surface area (Å²) in [5, 5.41) is 8.76. The molecule has 1 aromatic carbocycles. The van der Waals surface area contributed by atoms with E-state index >= 15 is 0 Å². The number of anilines is 1. The molecule has 0 saturated heterocycles. The summed E-state index contributed by atoms with van der Waals surface area (Å²) < 4.78 is 11.0. The number of nitriles is 1. The highest BCUT2D eigenvalue weighted by atomic mass is 16.7. The van der Waals surface area contributed by atoms with Crippen molar-refractivity contribution in [3.63, 3.8) is 0 Å². The minimum atomic E-state index is -0.143. The zero-order chi connectivity index (χ0) is 14.1. The lowest BCUT2D eigenvalue weighted by atomic mass is 10.2. The highest BCUT2D eigenvalue weighted by Gasteiger charge is 2.09. The molecule has 4 nitrogen and oxygen atoms in total. The van der Waals surface area contributed by atoms with Crippen LogP contribution < -0.4 is 4.90 Å². The zero-order valence-electron chi connectivity index (χ0n) is 11.9. The van der Waals surface area contributed by atoms with E-state index in [1.54, 1.807) is 0 Å². The average Bonchev–Trinajstić information content (AvgIpc) is 2.45. The van der Waals surface area contributed by atoms with Gasteiger partial charge in [0.2, 0.25) is 0 Å². The van der Waals surface area contributed by atoms with Crippen molar-refractivity contribution in [1.29, 1.82) is 5.26 Å². The third-order valence-electron chi connectivity index (χ3n) is 2.84. The largest absolute Gasteiger partial charge is 0.374 e. The van der Waals surface area contributed by atoms with Crippen molar-refractivity contribution >= 4 is 5.69 Å². The summed E-state index contributed by atoms with van der Waals surface area (Å²) in [6.45, 7) is 6.10. The van der Waals surface area contributed by atoms with E-state index in [9.17, 15) is 0 Å². The first-order valence-corrected chi connectivity index (χ1v) is 6.65. The molecule has 0 radical (unpaired) electrons. The minimum absolute atomic E-state index is 0.143. The topological polar surface area (TPSA) is 45.5 Å². The zero-order valence-corrected chi connectivity index (χ0v) is 11.9. The van der Waals surface area contributed by atoms with Crippen LogP contribution in [0.5, 0.6) is 0 Å². The van der Waals surface area contributed by atoms with Gasteiger partial charge in [-0.05, 0) is 38.1 Å². The highest BCUT2D eigenvalue weighted by Crippen LogP contribution is 2.14. The van der Waals surface area contributed by atoms with Crippen molar-refractivity contribution in [2.75, 3.05) is 31.7 Å². The van der Waals surface area contributed by atoms with E-state index in [1.807, 2.05) is 45.2 Å². The summed E-state index contributed by atoms with van der Waals surface area (Å²) in [6, 6.07) is 9.68. The number of rotatable bonds is 8. The van der Waals surface area contributed by atoms with Crippen molar-refractivity contribution in [3.8, 4) is 6.07 Å². The molecule has 0 fully saturated rings. The van der Waals surface area contributed by atoms with E-state index in [4.69, 9.17) is 14.7 Å². The van der Waals surface area contributed by atoms with Gasteiger partial charge in [-0.25, -0.2) is 0 Å². The maximum absolute atomic E-state index is 8.76. The fourth-order valence-electron chi connectivity index (χ4n) is 1.81. The van der Waals surface area contributed by atoms with Crippen molar-refractivity contribution in [2.45, 2.75) is 26.6 Å². The summed E-state index contributed by atoms with van der Waals surface area (Å²) in [6.07, 6.45) is 0.675. The third kappa shape index (κ3) is 5.29. The molecule has 0 bridgehead atoms. The molecule has 104 valence electrons. The number of hydrogen-bond acceptors (Lipinski definition) is 4. The summed E-state index contributed by atoms with van der Waals surface area (Å²) >= 11 is 0. The SMILES string of the molecule is CCOC(CCN(C)c1ccc(C#N)cc1)OCC. The number of nitrogens with zero attached hydrogens (tertiary/aromatic N) is 2. The molecule has 0 aromatic heterocycles. The van der Waals surface area contributed by atoms with E-state index in [1.165, 1.54) is 0 Å². The van der Waals surface area contributed by atoms with Crippen LogP contribution in [0.15, 0.2) is 24.3 Å². The summed E-state index contributed by atoms with van der Waals surface area (Å²) in [4.78, 5) is 2.13. The molecule has 0 spiro atoms. The van der Waals surface area contributed by atoms with Crippen molar-refractivity contribution in [3.05, 3.63) is 29.8 Å². The predicted molar refractivity (Wildman–Crippen MR) is 76.1 cm³/mol. The van der Waals surface area contributed by atoms with Gasteiger partial charge in [-0.1, -0.05) is 0 Å². The van der Waals surface area contributed by atoms with Crippen LogP contribution in [-0.2, 0) is 9.47 Å². The second kappa shape index (κ2) is 8.52. The van der Waals surface area contributed by atoms with Crippen molar-refractivity contribution in [1.82, 2.24) is 0 Å². The number of benzene rings is 1. The average molecular weight is 262 g/mol. The van der Waals surface area contributed by atoms with Gasteiger partial charge in [0.25, 0.3) is 0 Å². The standard InChI is InChI=1S/C15H22N2O2/c1-4-18-15(19-5-2)10-11-17(3)14-8-6-13(12-16)7-9-14/h6-9,15H,4-5,10-11H2,1-3H3. The highest BCUT2D eigenvalue weighted by molar-refractivity contribution is 5.48. The van der Waals surface area contributed by atoms with Crippen LogP contribution in [0.25, 0.3) is 0 Å². The monoisotopic (exact) mass is 262 g/mol. The molecule has 0 aliphatic rings. The molecule has 1 rings (SSSR count). The van der Waals surface area contributed by atoms with E-state index in [2.05, 4.69) is 11.0 Å². The van der Waals surface area contributed by atoms with Crippen LogP contribution in [0, 0.1) is 11.3 Å². The van der Waals surface area contributed by atoms with Gasteiger partial charge in [0.15, 0.2) is 6.29 Å². The summed E-state index contributed by atoms with van der Waals surface area (Å²) in [7, 11) is 2.02. The molecule has 0 N–H and O–H groups in total. The minimum Gasteiger partial charge on any atom is -0.374 e. The molecule has 0 aliphatic carbocycles. The molecule has 0 saturated carbocycles. The fourth-order valence-corrected chi connectivity index (χ4v) is 1.81. The van der Waals surface area contributed by atoms with Gasteiger partial charge in [-0.3, -0.25) is 0 Å². The first kappa shape index (κ1) is 15.5. The van der Waals surface area contributed by atoms with Crippen LogP contribution in [0.1, 0.15) is 25.8 Å². The van der Waals surface area contributed by atoms with Gasteiger partial charge in [0, 0.05) is 38.9 Å². The van der Waals surface area contributed by atoms with Crippen LogP contribution >= 0.6 is 0 Å². The Bertz CT molecular complexity index is 392. The second-order valence-corrected chi connectivity index (χ2v) is 4.21. The van der Waals surface area contributed by atoms with Gasteiger partial charge in [0.1, 0.15) is 0 Å². The Kier molecular flexibility index (Phi) is 6.94. The quantitative estimate of drug-likeness (QED) is 0.676. The lowest BCUT2D eigenvalue weighted by molar-refractivity contribution is -0.137. The molecule has 0 heterocycles. The van der Waals surface area contributed by atoms with Crippen LogP contribution in [0.2, 0.25) is 0 Å². The Hall–Kier alpha value is -1.57. The van der Waals surface area contributed by atoms with E-state index in [0.717, 1.165) is 18.7 Å². The Morgan fingerprint density at radius 2 is 1.74 bits per heavy atom. The third-order valence-corrected chi connectivity index (χ3v) is 2.84. The Balaban J connectivity index is 2.48. The van der Waals surface area contributed by atoms with Gasteiger partial charge >= 0.3 is 0 Å². The van der Waals surface area contributed by atoms with Gasteiger partial charge < -0.3 is 14.4 Å². The first-order chi connectivity index (χ1) is 9.21. The molecule has 0 amide bonds. The number of ether oxygens (including phenoxy) is 2. The molecule has 0 atom stereocenters. The first-order valence-electron chi connectivity index (χ1n) is 6.65. The molecular weight excluding hydrogens is 240 g/mol. The van der Waals surface area contributed by atoms with E-state index in [-0.39, 0.29) is 6.29 Å². The maximum Gasteiger partial charge on any atom is 0.159 e. The lowest BCUT2D eigenvalue weighted by Crippen LogP contribution is -2.26. The molecule has 1 aromatic rings. The number of hydrogen-bond donors (Lipinski definition) is 0. The molecule has 0 aliphatic heterocycles. The molecule has 0 unspecified atom stereocenters. The lowest BCUT2D eigenvalue weighted by Gasteiger charge is -2.23. The maximum atomic E-state index is 8.76. The summed E-state index contributed by atoms with van der Waals surface area (Å²) in [5.74, 6) is 0. The Morgan fingerprint density at radius 3 is 2.21 bits per heavy atom. The molecule has 19 heavy (non-hydrogen) atoms. The smallest absolute Gasteiger partial charge is 0.159 e. The Morgan fingerprint density at radius 1 is 1.16 bits per heavy atom. The van der Waals surface area contributed by atoms with Crippen molar-refractivity contribution in [2.24, 2.45) is 0 Å².